The molecule has 2 unspecified atom stereocenters. The molecular formula is C16H22N2O2. The van der Waals surface area contributed by atoms with Crippen molar-refractivity contribution in [3.63, 3.8) is 0 Å². The first-order chi connectivity index (χ1) is 9.54. The normalized spacial score (nSPS) is 29.4. The van der Waals surface area contributed by atoms with Crippen LogP contribution in [0.1, 0.15) is 41.6 Å². The molecule has 4 nitrogen and oxygen atoms in total. The minimum absolute atomic E-state index is 0.356. The van der Waals surface area contributed by atoms with E-state index in [1.54, 1.807) is 12.1 Å². The average Bonchev–Trinajstić information content (AvgIpc) is 2.64. The number of anilines is 1. The quantitative estimate of drug-likeness (QED) is 0.890. The van der Waals surface area contributed by atoms with Crippen LogP contribution in [-0.2, 0) is 0 Å². The molecule has 2 bridgehead atoms. The number of carboxylic acids is 1. The van der Waals surface area contributed by atoms with Gasteiger partial charge in [0.25, 0.3) is 0 Å². The van der Waals surface area contributed by atoms with E-state index >= 15 is 0 Å². The Labute approximate surface area is 119 Å². The first-order valence-corrected chi connectivity index (χ1v) is 7.37. The van der Waals surface area contributed by atoms with E-state index in [0.717, 1.165) is 24.1 Å². The number of nitrogens with zero attached hydrogens (tertiary/aromatic N) is 1. The molecule has 0 amide bonds. The van der Waals surface area contributed by atoms with Crippen LogP contribution in [0.3, 0.4) is 0 Å². The number of carbonyl (C=O) groups is 1. The summed E-state index contributed by atoms with van der Waals surface area (Å²) >= 11 is 0. The van der Waals surface area contributed by atoms with Gasteiger partial charge in [-0.3, -0.25) is 0 Å². The Hall–Kier alpha value is -1.55. The Morgan fingerprint density at radius 3 is 2.55 bits per heavy atom. The Morgan fingerprint density at radius 1 is 1.30 bits per heavy atom. The van der Waals surface area contributed by atoms with E-state index in [4.69, 9.17) is 5.11 Å². The second kappa shape index (κ2) is 5.09. The second-order valence-electron chi connectivity index (χ2n) is 6.20. The second-order valence-corrected chi connectivity index (χ2v) is 6.20. The molecule has 20 heavy (non-hydrogen) atoms. The highest BCUT2D eigenvalue weighted by molar-refractivity contribution is 5.89. The number of benzene rings is 1. The van der Waals surface area contributed by atoms with Crippen molar-refractivity contribution in [2.75, 3.05) is 12.4 Å². The van der Waals surface area contributed by atoms with E-state index in [1.807, 2.05) is 13.0 Å². The number of hydrogen-bond acceptors (Lipinski definition) is 3. The fourth-order valence-electron chi connectivity index (χ4n) is 3.66. The zero-order valence-corrected chi connectivity index (χ0v) is 12.1. The molecule has 0 saturated carbocycles. The lowest BCUT2D eigenvalue weighted by molar-refractivity contribution is 0.0697. The van der Waals surface area contributed by atoms with Crippen molar-refractivity contribution in [3.05, 3.63) is 29.3 Å². The predicted octanol–water partition coefficient (Wildman–Crippen LogP) is 2.73. The van der Waals surface area contributed by atoms with Crippen LogP contribution < -0.4 is 5.32 Å². The summed E-state index contributed by atoms with van der Waals surface area (Å²) in [6.07, 6.45) is 4.91. The van der Waals surface area contributed by atoms with Gasteiger partial charge in [-0.05, 0) is 57.4 Å². The molecule has 2 aliphatic rings. The third-order valence-electron chi connectivity index (χ3n) is 4.94. The summed E-state index contributed by atoms with van der Waals surface area (Å²) in [5.41, 5.74) is 2.44. The molecule has 2 N–H and O–H groups in total. The Balaban J connectivity index is 1.75. The molecule has 2 heterocycles. The van der Waals surface area contributed by atoms with E-state index < -0.39 is 5.97 Å². The van der Waals surface area contributed by atoms with Crippen molar-refractivity contribution >= 4 is 11.7 Å². The van der Waals surface area contributed by atoms with Crippen molar-refractivity contribution in [3.8, 4) is 0 Å². The third-order valence-corrected chi connectivity index (χ3v) is 4.94. The smallest absolute Gasteiger partial charge is 0.335 e. The summed E-state index contributed by atoms with van der Waals surface area (Å²) in [5.74, 6) is -0.864. The highest BCUT2D eigenvalue weighted by atomic mass is 16.4. The molecule has 2 atom stereocenters. The number of aromatic carboxylic acids is 1. The highest BCUT2D eigenvalue weighted by Crippen LogP contribution is 2.35. The number of piperidine rings is 1. The third kappa shape index (κ3) is 2.40. The van der Waals surface area contributed by atoms with Crippen LogP contribution in [0, 0.1) is 6.92 Å². The van der Waals surface area contributed by atoms with Gasteiger partial charge < -0.3 is 15.3 Å². The largest absolute Gasteiger partial charge is 0.478 e. The molecule has 108 valence electrons. The first kappa shape index (κ1) is 13.4. The zero-order chi connectivity index (χ0) is 14.3. The van der Waals surface area contributed by atoms with E-state index in [1.165, 1.54) is 12.8 Å². The van der Waals surface area contributed by atoms with Crippen molar-refractivity contribution in [1.29, 1.82) is 0 Å². The SMILES string of the molecule is Cc1ccc(C(=O)O)cc1NC1CC2CCC(C1)N2C. The molecule has 3 rings (SSSR count). The monoisotopic (exact) mass is 274 g/mol. The molecule has 4 heteroatoms. The number of aryl methyl sites for hydroxylation is 1. The van der Waals surface area contributed by atoms with E-state index in [-0.39, 0.29) is 0 Å². The van der Waals surface area contributed by atoms with Crippen LogP contribution in [0.2, 0.25) is 0 Å². The van der Waals surface area contributed by atoms with Crippen LogP contribution in [0.15, 0.2) is 18.2 Å². The van der Waals surface area contributed by atoms with Gasteiger partial charge in [-0.15, -0.1) is 0 Å². The maximum atomic E-state index is 11.1. The van der Waals surface area contributed by atoms with Gasteiger partial charge in [-0.1, -0.05) is 6.07 Å². The Morgan fingerprint density at radius 2 is 1.95 bits per heavy atom. The molecule has 1 aromatic rings. The fraction of sp³-hybridized carbons (Fsp3) is 0.562. The molecule has 2 fully saturated rings. The van der Waals surface area contributed by atoms with Crippen LogP contribution >= 0.6 is 0 Å². The number of rotatable bonds is 3. The Bertz CT molecular complexity index is 515. The zero-order valence-electron chi connectivity index (χ0n) is 12.1. The van der Waals surface area contributed by atoms with Gasteiger partial charge in [0.15, 0.2) is 0 Å². The molecule has 0 aromatic heterocycles. The fourth-order valence-corrected chi connectivity index (χ4v) is 3.66. The summed E-state index contributed by atoms with van der Waals surface area (Å²) in [6.45, 7) is 2.03. The van der Waals surface area contributed by atoms with Crippen molar-refractivity contribution < 1.29 is 9.90 Å². The summed E-state index contributed by atoms with van der Waals surface area (Å²) < 4.78 is 0. The molecular weight excluding hydrogens is 252 g/mol. The van der Waals surface area contributed by atoms with Crippen LogP contribution in [-0.4, -0.2) is 41.1 Å². The molecule has 0 aliphatic carbocycles. The van der Waals surface area contributed by atoms with Gasteiger partial charge in [-0.25, -0.2) is 4.79 Å². The van der Waals surface area contributed by atoms with E-state index in [9.17, 15) is 4.79 Å². The van der Waals surface area contributed by atoms with E-state index in [2.05, 4.69) is 17.3 Å². The average molecular weight is 274 g/mol. The lowest BCUT2D eigenvalue weighted by Gasteiger charge is -2.37. The molecule has 0 radical (unpaired) electrons. The lowest BCUT2D eigenvalue weighted by Crippen LogP contribution is -2.44. The minimum Gasteiger partial charge on any atom is -0.478 e. The van der Waals surface area contributed by atoms with Gasteiger partial charge in [0.2, 0.25) is 0 Å². The number of fused-ring (bicyclic) bond motifs is 2. The van der Waals surface area contributed by atoms with Crippen LogP contribution in [0.25, 0.3) is 0 Å². The predicted molar refractivity (Wildman–Crippen MR) is 79.4 cm³/mol. The summed E-state index contributed by atoms with van der Waals surface area (Å²) in [7, 11) is 2.23. The summed E-state index contributed by atoms with van der Waals surface area (Å²) in [4.78, 5) is 13.6. The van der Waals surface area contributed by atoms with Gasteiger partial charge in [0.1, 0.15) is 0 Å². The molecule has 2 aliphatic heterocycles. The van der Waals surface area contributed by atoms with E-state index in [0.29, 0.717) is 23.7 Å². The van der Waals surface area contributed by atoms with Crippen LogP contribution in [0.5, 0.6) is 0 Å². The number of nitrogens with one attached hydrogen (secondary N) is 1. The summed E-state index contributed by atoms with van der Waals surface area (Å²) in [6, 6.07) is 7.16. The minimum atomic E-state index is -0.864. The van der Waals surface area contributed by atoms with Gasteiger partial charge in [0, 0.05) is 23.8 Å². The van der Waals surface area contributed by atoms with Crippen molar-refractivity contribution in [2.45, 2.75) is 50.7 Å². The maximum absolute atomic E-state index is 11.1. The first-order valence-electron chi connectivity index (χ1n) is 7.37. The van der Waals surface area contributed by atoms with Gasteiger partial charge in [0.05, 0.1) is 5.56 Å². The lowest BCUT2D eigenvalue weighted by atomic mass is 9.97. The van der Waals surface area contributed by atoms with Gasteiger partial charge >= 0.3 is 5.97 Å². The maximum Gasteiger partial charge on any atom is 0.335 e. The van der Waals surface area contributed by atoms with Crippen molar-refractivity contribution in [1.82, 2.24) is 4.90 Å². The molecule has 0 spiro atoms. The van der Waals surface area contributed by atoms with Crippen molar-refractivity contribution in [2.24, 2.45) is 0 Å². The van der Waals surface area contributed by atoms with Crippen LogP contribution in [0.4, 0.5) is 5.69 Å². The number of carboxylic acid groups (broad SMARTS) is 1. The summed E-state index contributed by atoms with van der Waals surface area (Å²) in [5, 5.41) is 12.7. The van der Waals surface area contributed by atoms with Gasteiger partial charge in [-0.2, -0.15) is 0 Å². The number of hydrogen-bond donors (Lipinski definition) is 2. The Kier molecular flexibility index (Phi) is 3.42. The molecule has 1 aromatic carbocycles. The topological polar surface area (TPSA) is 52.6 Å². The standard InChI is InChI=1S/C16H22N2O2/c1-10-3-4-11(16(19)20)7-15(10)17-12-8-13-5-6-14(9-12)18(13)2/h3-4,7,12-14,17H,5-6,8-9H2,1-2H3,(H,19,20). The highest BCUT2D eigenvalue weighted by Gasteiger charge is 2.38. The molecule has 2 saturated heterocycles.